The molecular formula is C23H18BrN3OS. The molecule has 0 aliphatic rings. The van der Waals surface area contributed by atoms with Gasteiger partial charge in [-0.1, -0.05) is 46.3 Å². The summed E-state index contributed by atoms with van der Waals surface area (Å²) in [6.07, 6.45) is 1.82. The van der Waals surface area contributed by atoms with Gasteiger partial charge < -0.3 is 4.74 Å². The lowest BCUT2D eigenvalue weighted by Crippen LogP contribution is -2.08. The molecule has 1 heterocycles. The number of para-hydroxylation sites is 1. The summed E-state index contributed by atoms with van der Waals surface area (Å²) < 4.78 is 6.89. The summed E-state index contributed by atoms with van der Waals surface area (Å²) in [5, 5.41) is 9.13. The summed E-state index contributed by atoms with van der Waals surface area (Å²) in [6, 6.07) is 25.7. The number of nitrogens with zero attached hydrogens (tertiary/aromatic N) is 3. The standard InChI is InChI=1S/C23H18BrN3OS/c1-27(25-15-17-7-11-19(24)12-8-17)23-26-22(16-29-23)18-9-13-21(14-10-18)28-20-5-3-2-4-6-20/h2-16H,1H3/b25-15+. The van der Waals surface area contributed by atoms with Gasteiger partial charge in [0, 0.05) is 22.5 Å². The van der Waals surface area contributed by atoms with Crippen LogP contribution in [0, 0.1) is 0 Å². The zero-order valence-corrected chi connectivity index (χ0v) is 18.1. The van der Waals surface area contributed by atoms with Gasteiger partial charge in [0.1, 0.15) is 11.5 Å². The fourth-order valence-electron chi connectivity index (χ4n) is 2.62. The number of halogens is 1. The second-order valence-electron chi connectivity index (χ2n) is 6.27. The van der Waals surface area contributed by atoms with Gasteiger partial charge in [-0.05, 0) is 54.1 Å². The Balaban J connectivity index is 1.43. The maximum atomic E-state index is 5.85. The Hall–Kier alpha value is -2.96. The highest BCUT2D eigenvalue weighted by molar-refractivity contribution is 9.10. The number of hydrogen-bond donors (Lipinski definition) is 0. The third-order valence-electron chi connectivity index (χ3n) is 4.15. The molecule has 1 aromatic heterocycles. The van der Waals surface area contributed by atoms with Crippen LogP contribution in [0.5, 0.6) is 11.5 Å². The largest absolute Gasteiger partial charge is 0.457 e. The van der Waals surface area contributed by atoms with Crippen molar-refractivity contribution in [1.82, 2.24) is 4.98 Å². The van der Waals surface area contributed by atoms with Crippen LogP contribution < -0.4 is 9.75 Å². The first-order valence-electron chi connectivity index (χ1n) is 8.99. The molecule has 4 rings (SSSR count). The topological polar surface area (TPSA) is 37.7 Å². The quantitative estimate of drug-likeness (QED) is 0.232. The molecule has 0 aliphatic carbocycles. The van der Waals surface area contributed by atoms with E-state index in [1.165, 1.54) is 0 Å². The SMILES string of the molecule is CN(/N=C/c1ccc(Br)cc1)c1nc(-c2ccc(Oc3ccccc3)cc2)cs1. The van der Waals surface area contributed by atoms with Crippen molar-refractivity contribution in [2.24, 2.45) is 5.10 Å². The number of hydrogen-bond acceptors (Lipinski definition) is 5. The van der Waals surface area contributed by atoms with Crippen molar-refractivity contribution in [1.29, 1.82) is 0 Å². The average Bonchev–Trinajstić information content (AvgIpc) is 3.25. The van der Waals surface area contributed by atoms with E-state index in [2.05, 4.69) is 21.0 Å². The zero-order valence-electron chi connectivity index (χ0n) is 15.7. The second kappa shape index (κ2) is 9.03. The lowest BCUT2D eigenvalue weighted by molar-refractivity contribution is 0.483. The van der Waals surface area contributed by atoms with Gasteiger partial charge in [0.25, 0.3) is 0 Å². The highest BCUT2D eigenvalue weighted by atomic mass is 79.9. The first kappa shape index (κ1) is 19.4. The van der Waals surface area contributed by atoms with E-state index in [0.29, 0.717) is 0 Å². The Labute approximate surface area is 182 Å². The number of ether oxygens (including phenoxy) is 1. The number of thiazole rings is 1. The summed E-state index contributed by atoms with van der Waals surface area (Å²) in [6.45, 7) is 0. The minimum Gasteiger partial charge on any atom is -0.457 e. The molecule has 29 heavy (non-hydrogen) atoms. The minimum absolute atomic E-state index is 0.798. The summed E-state index contributed by atoms with van der Waals surface area (Å²) in [5.74, 6) is 1.62. The average molecular weight is 464 g/mol. The molecule has 0 unspecified atom stereocenters. The molecule has 0 fully saturated rings. The molecule has 0 aliphatic heterocycles. The van der Waals surface area contributed by atoms with Gasteiger partial charge in [0.05, 0.1) is 11.9 Å². The predicted molar refractivity (Wildman–Crippen MR) is 124 cm³/mol. The van der Waals surface area contributed by atoms with Crippen molar-refractivity contribution in [3.05, 3.63) is 94.3 Å². The predicted octanol–water partition coefficient (Wildman–Crippen LogP) is 6.84. The second-order valence-corrected chi connectivity index (χ2v) is 8.03. The van der Waals surface area contributed by atoms with Crippen molar-refractivity contribution in [2.45, 2.75) is 0 Å². The zero-order chi connectivity index (χ0) is 20.1. The van der Waals surface area contributed by atoms with Crippen molar-refractivity contribution in [3.63, 3.8) is 0 Å². The molecule has 4 aromatic rings. The van der Waals surface area contributed by atoms with Crippen molar-refractivity contribution in [3.8, 4) is 22.8 Å². The Bertz CT molecular complexity index is 1090. The molecule has 0 bridgehead atoms. The number of hydrazone groups is 1. The number of anilines is 1. The Morgan fingerprint density at radius 1 is 0.931 bits per heavy atom. The van der Waals surface area contributed by atoms with E-state index in [1.54, 1.807) is 16.3 Å². The van der Waals surface area contributed by atoms with Gasteiger partial charge in [-0.25, -0.2) is 9.99 Å². The lowest BCUT2D eigenvalue weighted by atomic mass is 10.2. The summed E-state index contributed by atoms with van der Waals surface area (Å²) in [7, 11) is 1.90. The molecule has 0 N–H and O–H groups in total. The van der Waals surface area contributed by atoms with E-state index >= 15 is 0 Å². The minimum atomic E-state index is 0.798. The van der Waals surface area contributed by atoms with Gasteiger partial charge in [0.15, 0.2) is 0 Å². The molecule has 144 valence electrons. The van der Waals surface area contributed by atoms with Gasteiger partial charge in [-0.3, -0.25) is 0 Å². The molecule has 3 aromatic carbocycles. The van der Waals surface area contributed by atoms with E-state index in [0.717, 1.165) is 37.9 Å². The molecule has 6 heteroatoms. The molecule has 0 saturated heterocycles. The number of rotatable bonds is 6. The lowest BCUT2D eigenvalue weighted by Gasteiger charge is -2.08. The van der Waals surface area contributed by atoms with Crippen LogP contribution in [0.4, 0.5) is 5.13 Å². The van der Waals surface area contributed by atoms with Crippen molar-refractivity contribution >= 4 is 38.6 Å². The Morgan fingerprint density at radius 3 is 2.34 bits per heavy atom. The fraction of sp³-hybridized carbons (Fsp3) is 0.0435. The summed E-state index contributed by atoms with van der Waals surface area (Å²) >= 11 is 5.00. The molecule has 0 atom stereocenters. The Kier molecular flexibility index (Phi) is 6.03. The highest BCUT2D eigenvalue weighted by Crippen LogP contribution is 2.29. The fourth-order valence-corrected chi connectivity index (χ4v) is 3.64. The van der Waals surface area contributed by atoms with Crippen LogP contribution in [0.15, 0.2) is 93.8 Å². The Morgan fingerprint density at radius 2 is 1.62 bits per heavy atom. The number of benzene rings is 3. The van der Waals surface area contributed by atoms with Crippen LogP contribution in [0.2, 0.25) is 0 Å². The van der Waals surface area contributed by atoms with E-state index < -0.39 is 0 Å². The highest BCUT2D eigenvalue weighted by Gasteiger charge is 2.08. The molecule has 0 saturated carbocycles. The van der Waals surface area contributed by atoms with E-state index in [1.807, 2.05) is 97.5 Å². The third kappa shape index (κ3) is 5.10. The van der Waals surface area contributed by atoms with Gasteiger partial charge in [-0.15, -0.1) is 11.3 Å². The summed E-state index contributed by atoms with van der Waals surface area (Å²) in [5.41, 5.74) is 2.99. The molecule has 0 amide bonds. The van der Waals surface area contributed by atoms with Crippen LogP contribution in [0.1, 0.15) is 5.56 Å². The molecule has 4 nitrogen and oxygen atoms in total. The van der Waals surface area contributed by atoms with Crippen LogP contribution >= 0.6 is 27.3 Å². The molecular weight excluding hydrogens is 446 g/mol. The van der Waals surface area contributed by atoms with Crippen LogP contribution in [0.3, 0.4) is 0 Å². The normalized spacial score (nSPS) is 11.0. The van der Waals surface area contributed by atoms with Crippen LogP contribution in [-0.2, 0) is 0 Å². The van der Waals surface area contributed by atoms with Crippen molar-refractivity contribution < 1.29 is 4.74 Å². The molecule has 0 radical (unpaired) electrons. The first-order valence-corrected chi connectivity index (χ1v) is 10.7. The maximum absolute atomic E-state index is 5.85. The third-order valence-corrected chi connectivity index (χ3v) is 5.58. The maximum Gasteiger partial charge on any atom is 0.206 e. The van der Waals surface area contributed by atoms with Gasteiger partial charge in [-0.2, -0.15) is 5.10 Å². The smallest absolute Gasteiger partial charge is 0.206 e. The van der Waals surface area contributed by atoms with Gasteiger partial charge in [0.2, 0.25) is 5.13 Å². The first-order chi connectivity index (χ1) is 14.2. The van der Waals surface area contributed by atoms with Crippen molar-refractivity contribution in [2.75, 3.05) is 12.1 Å². The van der Waals surface area contributed by atoms with Crippen LogP contribution in [-0.4, -0.2) is 18.2 Å². The molecule has 0 spiro atoms. The van der Waals surface area contributed by atoms with Crippen LogP contribution in [0.25, 0.3) is 11.3 Å². The van der Waals surface area contributed by atoms with E-state index in [4.69, 9.17) is 9.72 Å². The monoisotopic (exact) mass is 463 g/mol. The van der Waals surface area contributed by atoms with E-state index in [9.17, 15) is 0 Å². The summed E-state index contributed by atoms with van der Waals surface area (Å²) in [4.78, 5) is 4.70. The van der Waals surface area contributed by atoms with Gasteiger partial charge >= 0.3 is 0 Å². The number of aromatic nitrogens is 1. The van der Waals surface area contributed by atoms with E-state index in [-0.39, 0.29) is 0 Å².